The molecule has 0 bridgehead atoms. The van der Waals surface area contributed by atoms with Gasteiger partial charge in [-0.15, -0.1) is 0 Å². The van der Waals surface area contributed by atoms with Crippen LogP contribution in [0.4, 0.5) is 5.69 Å². The second-order valence-corrected chi connectivity index (χ2v) is 6.77. The summed E-state index contributed by atoms with van der Waals surface area (Å²) in [6, 6.07) is 24.1. The van der Waals surface area contributed by atoms with E-state index >= 15 is 0 Å². The third-order valence-corrected chi connectivity index (χ3v) is 5.08. The fraction of sp³-hybridized carbons (Fsp3) is 0.0400. The predicted octanol–water partition coefficient (Wildman–Crippen LogP) is 7.17. The van der Waals surface area contributed by atoms with E-state index in [4.69, 9.17) is 11.0 Å². The first kappa shape index (κ1) is 16.3. The van der Waals surface area contributed by atoms with E-state index in [1.807, 2.05) is 66.7 Å². The lowest BCUT2D eigenvalue weighted by atomic mass is 9.96. The summed E-state index contributed by atoms with van der Waals surface area (Å²) in [5.41, 5.74) is 6.78. The molecule has 0 N–H and O–H groups in total. The predicted molar refractivity (Wildman–Crippen MR) is 113 cm³/mol. The highest BCUT2D eigenvalue weighted by atomic mass is 16.3. The molecule has 0 unspecified atom stereocenters. The molecule has 2 aromatic heterocycles. The van der Waals surface area contributed by atoms with Gasteiger partial charge in [0.1, 0.15) is 11.2 Å². The normalized spacial score (nSPS) is 11.0. The topological polar surface area (TPSA) is 30.4 Å². The fourth-order valence-corrected chi connectivity index (χ4v) is 3.85. The Morgan fingerprint density at radius 2 is 1.68 bits per heavy atom. The van der Waals surface area contributed by atoms with Crippen molar-refractivity contribution in [1.29, 1.82) is 0 Å². The highest BCUT2D eigenvalue weighted by Crippen LogP contribution is 2.45. The lowest BCUT2D eigenvalue weighted by Gasteiger charge is -2.09. The van der Waals surface area contributed by atoms with Crippen LogP contribution in [0.2, 0.25) is 0 Å². The van der Waals surface area contributed by atoms with E-state index < -0.39 is 0 Å². The van der Waals surface area contributed by atoms with Crippen LogP contribution in [0.25, 0.3) is 49.2 Å². The molecule has 0 aliphatic heterocycles. The number of hydrogen-bond donors (Lipinski definition) is 0. The van der Waals surface area contributed by atoms with Crippen molar-refractivity contribution in [3.8, 4) is 22.4 Å². The van der Waals surface area contributed by atoms with Crippen molar-refractivity contribution in [3.05, 3.63) is 96.0 Å². The van der Waals surface area contributed by atoms with Gasteiger partial charge in [-0.2, -0.15) is 0 Å². The Morgan fingerprint density at radius 3 is 2.43 bits per heavy atom. The molecular formula is C25H16N2O. The lowest BCUT2D eigenvalue weighted by Crippen LogP contribution is -1.84. The van der Waals surface area contributed by atoms with E-state index in [-0.39, 0.29) is 0 Å². The molecular weight excluding hydrogens is 344 g/mol. The molecule has 3 heteroatoms. The maximum atomic E-state index is 7.86. The fourth-order valence-electron chi connectivity index (χ4n) is 3.85. The van der Waals surface area contributed by atoms with Gasteiger partial charge in [0, 0.05) is 22.5 Å². The van der Waals surface area contributed by atoms with Gasteiger partial charge < -0.3 is 4.42 Å². The number of aryl methyl sites for hydroxylation is 1. The van der Waals surface area contributed by atoms with Crippen LogP contribution in [-0.4, -0.2) is 4.98 Å². The van der Waals surface area contributed by atoms with Crippen molar-refractivity contribution in [2.75, 3.05) is 0 Å². The highest BCUT2D eigenvalue weighted by Gasteiger charge is 2.20. The number of fused-ring (bicyclic) bond motifs is 3. The monoisotopic (exact) mass is 360 g/mol. The molecule has 5 aromatic rings. The summed E-state index contributed by atoms with van der Waals surface area (Å²) < 4.78 is 6.32. The summed E-state index contributed by atoms with van der Waals surface area (Å²) >= 11 is 0. The highest BCUT2D eigenvalue weighted by molar-refractivity contribution is 6.15. The van der Waals surface area contributed by atoms with E-state index in [0.717, 1.165) is 44.3 Å². The van der Waals surface area contributed by atoms with Gasteiger partial charge in [0.25, 0.3) is 0 Å². The summed E-state index contributed by atoms with van der Waals surface area (Å²) in [6.07, 6.45) is 1.78. The SMILES string of the molecule is [C-]#[N+]c1c(-c2ccccc2)c(C)cc2c1oc1c(-c3ccccn3)cccc12. The van der Waals surface area contributed by atoms with Crippen LogP contribution >= 0.6 is 0 Å². The van der Waals surface area contributed by atoms with Crippen LogP contribution < -0.4 is 0 Å². The first-order valence-corrected chi connectivity index (χ1v) is 9.11. The van der Waals surface area contributed by atoms with Crippen molar-refractivity contribution in [1.82, 2.24) is 4.98 Å². The van der Waals surface area contributed by atoms with E-state index in [1.165, 1.54) is 0 Å². The quantitative estimate of drug-likeness (QED) is 0.312. The Bertz CT molecular complexity index is 1360. The molecule has 0 spiro atoms. The van der Waals surface area contributed by atoms with E-state index in [1.54, 1.807) is 6.20 Å². The minimum atomic E-state index is 0.560. The summed E-state index contributed by atoms with van der Waals surface area (Å²) in [6.45, 7) is 9.91. The maximum absolute atomic E-state index is 7.86. The molecule has 3 nitrogen and oxygen atoms in total. The molecule has 0 radical (unpaired) electrons. The first-order valence-electron chi connectivity index (χ1n) is 9.11. The largest absolute Gasteiger partial charge is 0.466 e. The summed E-state index contributed by atoms with van der Waals surface area (Å²) in [7, 11) is 0. The minimum absolute atomic E-state index is 0.560. The molecule has 0 amide bonds. The standard InChI is InChI=1S/C25H16N2O/c1-16-15-20-18-11-8-12-19(21-13-6-7-14-27-21)24(18)28-25(20)23(26-2)22(16)17-9-4-3-5-10-17/h3-15H,1H3. The molecule has 132 valence electrons. The molecule has 0 aliphatic carbocycles. The molecule has 3 aromatic carbocycles. The van der Waals surface area contributed by atoms with Gasteiger partial charge in [0.2, 0.25) is 5.69 Å². The first-order chi connectivity index (χ1) is 13.8. The van der Waals surface area contributed by atoms with Gasteiger partial charge >= 0.3 is 0 Å². The van der Waals surface area contributed by atoms with Crippen molar-refractivity contribution >= 4 is 27.6 Å². The number of benzene rings is 3. The smallest absolute Gasteiger partial charge is 0.237 e. The zero-order valence-electron chi connectivity index (χ0n) is 15.3. The van der Waals surface area contributed by atoms with Crippen LogP contribution in [0.1, 0.15) is 5.56 Å². The summed E-state index contributed by atoms with van der Waals surface area (Å²) in [5.74, 6) is 0. The van der Waals surface area contributed by atoms with Crippen molar-refractivity contribution in [2.24, 2.45) is 0 Å². The zero-order chi connectivity index (χ0) is 19.1. The van der Waals surface area contributed by atoms with Gasteiger partial charge in [-0.05, 0) is 42.3 Å². The lowest BCUT2D eigenvalue weighted by molar-refractivity contribution is 0.671. The van der Waals surface area contributed by atoms with Gasteiger partial charge in [0.15, 0.2) is 0 Å². The third-order valence-electron chi connectivity index (χ3n) is 5.08. The Morgan fingerprint density at radius 1 is 0.857 bits per heavy atom. The number of furan rings is 1. The van der Waals surface area contributed by atoms with Gasteiger partial charge in [-0.1, -0.05) is 54.1 Å². The van der Waals surface area contributed by atoms with Crippen molar-refractivity contribution in [3.63, 3.8) is 0 Å². The molecule has 0 fully saturated rings. The van der Waals surface area contributed by atoms with E-state index in [0.29, 0.717) is 11.3 Å². The third kappa shape index (κ3) is 2.39. The minimum Gasteiger partial charge on any atom is -0.466 e. The molecule has 0 aliphatic rings. The number of para-hydroxylation sites is 1. The number of pyridine rings is 1. The number of aromatic nitrogens is 1. The molecule has 28 heavy (non-hydrogen) atoms. The molecule has 0 atom stereocenters. The number of nitrogens with zero attached hydrogens (tertiary/aromatic N) is 2. The Hall–Kier alpha value is -3.90. The average Bonchev–Trinajstić information content (AvgIpc) is 3.12. The van der Waals surface area contributed by atoms with Crippen molar-refractivity contribution in [2.45, 2.75) is 6.92 Å². The Labute approximate surface area is 162 Å². The van der Waals surface area contributed by atoms with Gasteiger partial charge in [-0.25, -0.2) is 4.85 Å². The Balaban J connectivity index is 1.89. The number of hydrogen-bond acceptors (Lipinski definition) is 2. The maximum Gasteiger partial charge on any atom is 0.237 e. The average molecular weight is 360 g/mol. The number of rotatable bonds is 2. The van der Waals surface area contributed by atoms with Crippen LogP contribution in [0.15, 0.2) is 83.4 Å². The van der Waals surface area contributed by atoms with Crippen LogP contribution in [0, 0.1) is 13.5 Å². The molecule has 5 rings (SSSR count). The molecule has 0 saturated heterocycles. The van der Waals surface area contributed by atoms with E-state index in [9.17, 15) is 0 Å². The summed E-state index contributed by atoms with van der Waals surface area (Å²) in [4.78, 5) is 8.35. The molecule has 2 heterocycles. The van der Waals surface area contributed by atoms with Crippen molar-refractivity contribution < 1.29 is 4.42 Å². The second kappa shape index (κ2) is 6.37. The van der Waals surface area contributed by atoms with Crippen LogP contribution in [-0.2, 0) is 0 Å². The van der Waals surface area contributed by atoms with E-state index in [2.05, 4.69) is 22.8 Å². The molecule has 0 saturated carbocycles. The second-order valence-electron chi connectivity index (χ2n) is 6.77. The van der Waals surface area contributed by atoms with Gasteiger partial charge in [0.05, 0.1) is 12.3 Å². The van der Waals surface area contributed by atoms with Crippen LogP contribution in [0.3, 0.4) is 0 Å². The van der Waals surface area contributed by atoms with Crippen LogP contribution in [0.5, 0.6) is 0 Å². The summed E-state index contributed by atoms with van der Waals surface area (Å²) in [5, 5.41) is 1.97. The van der Waals surface area contributed by atoms with Gasteiger partial charge in [-0.3, -0.25) is 4.98 Å². The zero-order valence-corrected chi connectivity index (χ0v) is 15.3. The Kier molecular flexibility index (Phi) is 3.70.